The Morgan fingerprint density at radius 2 is 1.00 bits per heavy atom. The van der Waals surface area contributed by atoms with Crippen molar-refractivity contribution in [1.29, 1.82) is 0 Å². The number of nitrogens with zero attached hydrogens (tertiary/aromatic N) is 3. The highest BCUT2D eigenvalue weighted by Crippen LogP contribution is 2.42. The average molecular weight is 514 g/mol. The van der Waals surface area contributed by atoms with Gasteiger partial charge in [0.1, 0.15) is 8.00 Å². The summed E-state index contributed by atoms with van der Waals surface area (Å²) in [7, 11) is -6.36. The molecule has 7 nitrogen and oxygen atoms in total. The van der Waals surface area contributed by atoms with Gasteiger partial charge in [0.05, 0.1) is 23.5 Å². The van der Waals surface area contributed by atoms with E-state index in [0.717, 1.165) is 34.1 Å². The Morgan fingerprint density at radius 1 is 0.618 bits per heavy atom. The summed E-state index contributed by atoms with van der Waals surface area (Å²) in [6.07, 6.45) is 2.25. The lowest BCUT2D eigenvalue weighted by Gasteiger charge is -2.21. The van der Waals surface area contributed by atoms with Gasteiger partial charge in [-0.1, -0.05) is 60.7 Å². The lowest BCUT2D eigenvalue weighted by molar-refractivity contribution is 0.597. The van der Waals surface area contributed by atoms with Crippen molar-refractivity contribution in [3.8, 4) is 0 Å². The first-order chi connectivity index (χ1) is 16.0. The highest BCUT2D eigenvalue weighted by atomic mass is 32.2. The van der Waals surface area contributed by atoms with E-state index in [2.05, 4.69) is 0 Å². The van der Waals surface area contributed by atoms with Gasteiger partial charge < -0.3 is 0 Å². The quantitative estimate of drug-likeness (QED) is 0.345. The van der Waals surface area contributed by atoms with Crippen molar-refractivity contribution in [3.63, 3.8) is 0 Å². The zero-order valence-electron chi connectivity index (χ0n) is 19.2. The first-order valence-corrected chi connectivity index (χ1v) is 15.4. The van der Waals surface area contributed by atoms with Crippen LogP contribution in [0.3, 0.4) is 0 Å². The molecule has 0 aliphatic rings. The Balaban J connectivity index is 2.39. The molecule has 0 saturated heterocycles. The summed E-state index contributed by atoms with van der Waals surface area (Å²) in [5, 5.41) is 5.00. The molecule has 0 amide bonds. The molecule has 34 heavy (non-hydrogen) atoms. The largest absolute Gasteiger partial charge is 0.241 e. The van der Waals surface area contributed by atoms with E-state index in [9.17, 15) is 16.8 Å². The van der Waals surface area contributed by atoms with Crippen molar-refractivity contribution >= 4 is 71.4 Å². The molecule has 0 fully saturated rings. The van der Waals surface area contributed by atoms with E-state index in [1.54, 1.807) is 30.9 Å². The van der Waals surface area contributed by atoms with E-state index in [-0.39, 0.29) is 0 Å². The van der Waals surface area contributed by atoms with Crippen LogP contribution >= 0.6 is 8.00 Å². The second-order valence-electron chi connectivity index (χ2n) is 8.49. The Labute approximate surface area is 199 Å². The van der Waals surface area contributed by atoms with E-state index in [0.29, 0.717) is 21.8 Å². The predicted octanol–water partition coefficient (Wildman–Crippen LogP) is 4.83. The average Bonchev–Trinajstić information content (AvgIpc) is 2.91. The summed E-state index contributed by atoms with van der Waals surface area (Å²) in [5.41, 5.74) is 0.925. The molecule has 0 aliphatic heterocycles. The highest BCUT2D eigenvalue weighted by Gasteiger charge is 2.25. The molecule has 0 saturated carbocycles. The number of benzene rings is 4. The molecule has 4 aromatic carbocycles. The molecule has 10 heteroatoms. The third-order valence-electron chi connectivity index (χ3n) is 5.79. The highest BCUT2D eigenvalue weighted by molar-refractivity contribution is 7.96. The van der Waals surface area contributed by atoms with Gasteiger partial charge in [0.2, 0.25) is 20.0 Å². The molecular formula is C24H24N3O4PS2. The molecule has 5 aromatic rings. The smallest absolute Gasteiger partial charge is 0.239 e. The SMILES string of the molecule is CN(C)p1n(S(C)(=O)=O)c2ccc3ccccc3c2c2c3ccccc3ccc2n1S(C)(=O)=O. The Kier molecular flexibility index (Phi) is 5.29. The van der Waals surface area contributed by atoms with Gasteiger partial charge in [-0.05, 0) is 47.8 Å². The summed E-state index contributed by atoms with van der Waals surface area (Å²) in [6, 6.07) is 22.9. The van der Waals surface area contributed by atoms with E-state index in [4.69, 9.17) is 0 Å². The predicted molar refractivity (Wildman–Crippen MR) is 143 cm³/mol. The summed E-state index contributed by atoms with van der Waals surface area (Å²) >= 11 is 0. The van der Waals surface area contributed by atoms with E-state index in [1.807, 2.05) is 60.7 Å². The van der Waals surface area contributed by atoms with Gasteiger partial charge in [0.15, 0.2) is 0 Å². The molecule has 176 valence electrons. The third-order valence-corrected chi connectivity index (χ3v) is 11.9. The minimum absolute atomic E-state index is 0.463. The molecular weight excluding hydrogens is 489 g/mol. The first-order valence-electron chi connectivity index (χ1n) is 10.5. The van der Waals surface area contributed by atoms with Crippen LogP contribution in [-0.2, 0) is 20.0 Å². The minimum Gasteiger partial charge on any atom is -0.239 e. The molecule has 0 spiro atoms. The van der Waals surface area contributed by atoms with Crippen LogP contribution in [0.25, 0.3) is 43.4 Å². The molecule has 5 rings (SSSR count). The third kappa shape index (κ3) is 3.51. The van der Waals surface area contributed by atoms with E-state index >= 15 is 0 Å². The number of aromatic nitrogens is 2. The Hall–Kier alpha value is -2.84. The summed E-state index contributed by atoms with van der Waals surface area (Å²) < 4.78 is 57.6. The standard InChI is InChI=1S/C24H24N3O4PS2/c1-25(2)32-26(33(3,28)29)21-15-13-17-9-5-7-11-19(17)23(21)24-20-12-8-6-10-18(20)14-16-22(24)27(32)34(4,30)31/h5-16H,1-4H3. The van der Waals surface area contributed by atoms with Gasteiger partial charge in [-0.3, -0.25) is 0 Å². The number of hydrogen-bond donors (Lipinski definition) is 0. The fourth-order valence-electron chi connectivity index (χ4n) is 4.58. The molecule has 0 radical (unpaired) electrons. The first kappa shape index (κ1) is 22.9. The van der Waals surface area contributed by atoms with Crippen LogP contribution in [0, 0.1) is 0 Å². The van der Waals surface area contributed by atoms with Crippen molar-refractivity contribution in [3.05, 3.63) is 72.8 Å². The summed E-state index contributed by atoms with van der Waals surface area (Å²) in [5.74, 6) is 0. The molecule has 1 aromatic heterocycles. The van der Waals surface area contributed by atoms with Crippen molar-refractivity contribution in [2.45, 2.75) is 0 Å². The molecule has 0 bridgehead atoms. The maximum Gasteiger partial charge on any atom is 0.241 e. The normalized spacial score (nSPS) is 12.9. The number of rotatable bonds is 3. The van der Waals surface area contributed by atoms with Crippen LogP contribution in [-0.4, -0.2) is 50.9 Å². The summed E-state index contributed by atoms with van der Waals surface area (Å²) in [4.78, 5) is 0. The molecule has 0 N–H and O–H groups in total. The zero-order valence-corrected chi connectivity index (χ0v) is 21.7. The maximum absolute atomic E-state index is 13.3. The molecule has 1 heterocycles. The minimum atomic E-state index is -3.88. The number of hydrogen-bond acceptors (Lipinski definition) is 5. The monoisotopic (exact) mass is 513 g/mol. The second-order valence-corrected chi connectivity index (χ2v) is 14.8. The maximum atomic E-state index is 13.3. The topological polar surface area (TPSA) is 81.4 Å². The Bertz CT molecular complexity index is 1760. The van der Waals surface area contributed by atoms with E-state index in [1.165, 1.54) is 7.47 Å². The van der Waals surface area contributed by atoms with Crippen LogP contribution in [0.15, 0.2) is 72.8 Å². The summed E-state index contributed by atoms with van der Waals surface area (Å²) in [6.45, 7) is 0. The zero-order chi connectivity index (χ0) is 24.4. The van der Waals surface area contributed by atoms with Gasteiger partial charge in [0.25, 0.3) is 0 Å². The van der Waals surface area contributed by atoms with Gasteiger partial charge in [0, 0.05) is 10.8 Å². The fraction of sp³-hybridized carbons (Fsp3) is 0.167. The molecule has 0 aliphatic carbocycles. The molecule has 0 atom stereocenters. The van der Waals surface area contributed by atoms with E-state index < -0.39 is 28.0 Å². The van der Waals surface area contributed by atoms with Crippen LogP contribution < -0.4 is 4.67 Å². The van der Waals surface area contributed by atoms with Gasteiger partial charge in [-0.2, -0.15) is 0 Å². The van der Waals surface area contributed by atoms with Crippen molar-refractivity contribution in [2.24, 2.45) is 0 Å². The lowest BCUT2D eigenvalue weighted by Crippen LogP contribution is -2.23. The van der Waals surface area contributed by atoms with Crippen LogP contribution in [0.5, 0.6) is 0 Å². The van der Waals surface area contributed by atoms with Crippen LogP contribution in [0.1, 0.15) is 0 Å². The van der Waals surface area contributed by atoms with Crippen LogP contribution in [0.4, 0.5) is 0 Å². The lowest BCUT2D eigenvalue weighted by atomic mass is 9.98. The van der Waals surface area contributed by atoms with Crippen LogP contribution in [0.2, 0.25) is 0 Å². The molecule has 0 unspecified atom stereocenters. The van der Waals surface area contributed by atoms with Gasteiger partial charge >= 0.3 is 0 Å². The van der Waals surface area contributed by atoms with Crippen molar-refractivity contribution in [2.75, 3.05) is 31.3 Å². The van der Waals surface area contributed by atoms with Gasteiger partial charge in [-0.15, -0.1) is 0 Å². The fourth-order valence-corrected chi connectivity index (χ4v) is 10.7. The van der Waals surface area contributed by atoms with Crippen molar-refractivity contribution in [1.82, 2.24) is 7.47 Å². The second kappa shape index (κ2) is 7.85. The Morgan fingerprint density at radius 3 is 1.35 bits per heavy atom. The number of fused-ring (bicyclic) bond motifs is 7. The van der Waals surface area contributed by atoms with Crippen molar-refractivity contribution < 1.29 is 16.8 Å². The van der Waals surface area contributed by atoms with Gasteiger partial charge in [-0.25, -0.2) is 29.0 Å².